The van der Waals surface area contributed by atoms with E-state index >= 15 is 0 Å². The van der Waals surface area contributed by atoms with E-state index in [1.165, 1.54) is 18.4 Å². The molecule has 0 aromatic carbocycles. The average molecular weight is 283 g/mol. The van der Waals surface area contributed by atoms with Crippen LogP contribution < -0.4 is 10.1 Å². The molecule has 0 amide bonds. The number of hydrogen-bond donors (Lipinski definition) is 1. The molecule has 0 aliphatic heterocycles. The molecule has 3 rings (SSSR count). The van der Waals surface area contributed by atoms with Crippen LogP contribution in [0.25, 0.3) is 0 Å². The van der Waals surface area contributed by atoms with Gasteiger partial charge in [-0.3, -0.25) is 4.98 Å². The molecule has 2 heterocycles. The van der Waals surface area contributed by atoms with Crippen LogP contribution in [0, 0.1) is 6.92 Å². The first-order chi connectivity index (χ1) is 10.3. The van der Waals surface area contributed by atoms with Gasteiger partial charge in [0.05, 0.1) is 6.61 Å². The number of rotatable bonds is 7. The zero-order valence-electron chi connectivity index (χ0n) is 12.4. The summed E-state index contributed by atoms with van der Waals surface area (Å²) in [5.41, 5.74) is 3.33. The first-order valence-corrected chi connectivity index (χ1v) is 7.54. The second-order valence-electron chi connectivity index (χ2n) is 5.47. The maximum Gasteiger partial charge on any atom is 0.213 e. The Hall–Kier alpha value is -1.94. The van der Waals surface area contributed by atoms with Gasteiger partial charge in [-0.15, -0.1) is 0 Å². The van der Waals surface area contributed by atoms with E-state index in [0.29, 0.717) is 12.5 Å². The van der Waals surface area contributed by atoms with Crippen LogP contribution in [0.2, 0.25) is 0 Å². The van der Waals surface area contributed by atoms with Gasteiger partial charge in [0, 0.05) is 42.7 Å². The molecule has 0 bridgehead atoms. The molecule has 1 N–H and O–H groups in total. The highest BCUT2D eigenvalue weighted by atomic mass is 16.5. The monoisotopic (exact) mass is 283 g/mol. The van der Waals surface area contributed by atoms with Crippen molar-refractivity contribution in [2.45, 2.75) is 38.8 Å². The zero-order valence-corrected chi connectivity index (χ0v) is 12.4. The van der Waals surface area contributed by atoms with E-state index in [1.54, 1.807) is 6.20 Å². The molecule has 0 spiro atoms. The quantitative estimate of drug-likeness (QED) is 0.848. The fraction of sp³-hybridized carbons (Fsp3) is 0.412. The van der Waals surface area contributed by atoms with Crippen LogP contribution in [0.5, 0.6) is 5.88 Å². The van der Waals surface area contributed by atoms with Crippen LogP contribution in [0.4, 0.5) is 0 Å². The van der Waals surface area contributed by atoms with E-state index in [0.717, 1.165) is 30.4 Å². The van der Waals surface area contributed by atoms with Gasteiger partial charge in [0.2, 0.25) is 5.88 Å². The topological polar surface area (TPSA) is 47.0 Å². The molecule has 4 nitrogen and oxygen atoms in total. The van der Waals surface area contributed by atoms with Gasteiger partial charge in [-0.05, 0) is 37.5 Å². The van der Waals surface area contributed by atoms with Crippen molar-refractivity contribution in [3.05, 3.63) is 53.5 Å². The first kappa shape index (κ1) is 14.0. The summed E-state index contributed by atoms with van der Waals surface area (Å²) >= 11 is 0. The fourth-order valence-electron chi connectivity index (χ4n) is 2.18. The molecule has 1 aliphatic rings. The Morgan fingerprint density at radius 1 is 1.24 bits per heavy atom. The Bertz CT molecular complexity index is 582. The molecule has 1 aliphatic carbocycles. The number of ether oxygens (including phenoxy) is 1. The second kappa shape index (κ2) is 6.68. The van der Waals surface area contributed by atoms with Crippen LogP contribution in [0.3, 0.4) is 0 Å². The van der Waals surface area contributed by atoms with E-state index in [4.69, 9.17) is 4.74 Å². The van der Waals surface area contributed by atoms with Crippen LogP contribution in [0.1, 0.15) is 29.8 Å². The third kappa shape index (κ3) is 4.26. The number of pyridine rings is 2. The Balaban J connectivity index is 1.50. The molecular formula is C17H21N3O. The normalized spacial score (nSPS) is 14.1. The van der Waals surface area contributed by atoms with Crippen molar-refractivity contribution in [3.63, 3.8) is 0 Å². The lowest BCUT2D eigenvalue weighted by Gasteiger charge is -2.09. The van der Waals surface area contributed by atoms with Gasteiger partial charge in [-0.25, -0.2) is 4.98 Å². The van der Waals surface area contributed by atoms with Crippen molar-refractivity contribution in [2.24, 2.45) is 0 Å². The van der Waals surface area contributed by atoms with E-state index in [2.05, 4.69) is 21.4 Å². The standard InChI is InChI=1S/C17H21N3O/c1-13-14(12-19-16-6-7-16)5-8-17(20-13)21-11-9-15-4-2-3-10-18-15/h2-5,8,10,16,19H,6-7,9,11-12H2,1H3. The summed E-state index contributed by atoms with van der Waals surface area (Å²) < 4.78 is 5.71. The first-order valence-electron chi connectivity index (χ1n) is 7.54. The van der Waals surface area contributed by atoms with Crippen molar-refractivity contribution in [1.82, 2.24) is 15.3 Å². The molecule has 4 heteroatoms. The molecule has 110 valence electrons. The Morgan fingerprint density at radius 3 is 2.86 bits per heavy atom. The summed E-state index contributed by atoms with van der Waals surface area (Å²) in [6, 6.07) is 10.7. The van der Waals surface area contributed by atoms with E-state index < -0.39 is 0 Å². The third-order valence-corrected chi connectivity index (χ3v) is 3.66. The van der Waals surface area contributed by atoms with Crippen LogP contribution in [-0.2, 0) is 13.0 Å². The molecule has 21 heavy (non-hydrogen) atoms. The highest BCUT2D eigenvalue weighted by molar-refractivity contribution is 5.25. The molecule has 0 saturated heterocycles. The summed E-state index contributed by atoms with van der Waals surface area (Å²) in [5, 5.41) is 3.51. The predicted molar refractivity (Wildman–Crippen MR) is 82.3 cm³/mol. The maximum atomic E-state index is 5.71. The fourth-order valence-corrected chi connectivity index (χ4v) is 2.18. The lowest BCUT2D eigenvalue weighted by molar-refractivity contribution is 0.307. The van der Waals surface area contributed by atoms with Crippen LogP contribution >= 0.6 is 0 Å². The van der Waals surface area contributed by atoms with Gasteiger partial charge in [0.15, 0.2) is 0 Å². The SMILES string of the molecule is Cc1nc(OCCc2ccccn2)ccc1CNC1CC1. The number of nitrogens with one attached hydrogen (secondary N) is 1. The smallest absolute Gasteiger partial charge is 0.213 e. The van der Waals surface area contributed by atoms with Crippen molar-refractivity contribution in [2.75, 3.05) is 6.61 Å². The predicted octanol–water partition coefficient (Wildman–Crippen LogP) is 2.66. The van der Waals surface area contributed by atoms with Gasteiger partial charge in [0.1, 0.15) is 0 Å². The molecule has 0 unspecified atom stereocenters. The third-order valence-electron chi connectivity index (χ3n) is 3.66. The van der Waals surface area contributed by atoms with Crippen molar-refractivity contribution >= 4 is 0 Å². The van der Waals surface area contributed by atoms with E-state index in [9.17, 15) is 0 Å². The minimum Gasteiger partial charge on any atom is -0.477 e. The number of hydrogen-bond acceptors (Lipinski definition) is 4. The second-order valence-corrected chi connectivity index (χ2v) is 5.47. The van der Waals surface area contributed by atoms with Crippen LogP contribution in [0.15, 0.2) is 36.5 Å². The van der Waals surface area contributed by atoms with Gasteiger partial charge >= 0.3 is 0 Å². The number of nitrogens with zero attached hydrogens (tertiary/aromatic N) is 2. The van der Waals surface area contributed by atoms with Crippen molar-refractivity contribution in [3.8, 4) is 5.88 Å². The highest BCUT2D eigenvalue weighted by Crippen LogP contribution is 2.20. The van der Waals surface area contributed by atoms with Gasteiger partial charge in [-0.1, -0.05) is 12.1 Å². The summed E-state index contributed by atoms with van der Waals surface area (Å²) in [6.07, 6.45) is 5.22. The van der Waals surface area contributed by atoms with Crippen LogP contribution in [-0.4, -0.2) is 22.6 Å². The average Bonchev–Trinajstić information content (AvgIpc) is 3.32. The van der Waals surface area contributed by atoms with E-state index in [1.807, 2.05) is 31.2 Å². The zero-order chi connectivity index (χ0) is 14.5. The number of aryl methyl sites for hydroxylation is 1. The van der Waals surface area contributed by atoms with Gasteiger partial charge in [0.25, 0.3) is 0 Å². The van der Waals surface area contributed by atoms with Gasteiger partial charge in [-0.2, -0.15) is 0 Å². The van der Waals surface area contributed by atoms with Crippen molar-refractivity contribution < 1.29 is 4.74 Å². The molecule has 0 atom stereocenters. The minimum absolute atomic E-state index is 0.600. The lowest BCUT2D eigenvalue weighted by atomic mass is 10.2. The molecule has 2 aromatic rings. The molecule has 1 saturated carbocycles. The maximum absolute atomic E-state index is 5.71. The lowest BCUT2D eigenvalue weighted by Crippen LogP contribution is -2.16. The molecular weight excluding hydrogens is 262 g/mol. The van der Waals surface area contributed by atoms with E-state index in [-0.39, 0.29) is 0 Å². The Morgan fingerprint density at radius 2 is 2.14 bits per heavy atom. The van der Waals surface area contributed by atoms with Gasteiger partial charge < -0.3 is 10.1 Å². The Kier molecular flexibility index (Phi) is 4.46. The Labute approximate surface area is 125 Å². The molecule has 0 radical (unpaired) electrons. The summed E-state index contributed by atoms with van der Waals surface area (Å²) in [5.74, 6) is 0.693. The summed E-state index contributed by atoms with van der Waals surface area (Å²) in [4.78, 5) is 8.80. The molecule has 2 aromatic heterocycles. The molecule has 1 fully saturated rings. The minimum atomic E-state index is 0.600. The summed E-state index contributed by atoms with van der Waals surface area (Å²) in [6.45, 7) is 3.54. The summed E-state index contributed by atoms with van der Waals surface area (Å²) in [7, 11) is 0. The highest BCUT2D eigenvalue weighted by Gasteiger charge is 2.20. The largest absolute Gasteiger partial charge is 0.477 e. The van der Waals surface area contributed by atoms with Crippen molar-refractivity contribution in [1.29, 1.82) is 0 Å². The number of aromatic nitrogens is 2.